The first-order chi connectivity index (χ1) is 11.2. The summed E-state index contributed by atoms with van der Waals surface area (Å²) >= 11 is 1.49. The van der Waals surface area contributed by atoms with Crippen LogP contribution in [0.5, 0.6) is 0 Å². The van der Waals surface area contributed by atoms with Gasteiger partial charge in [0.25, 0.3) is 5.91 Å². The van der Waals surface area contributed by atoms with E-state index in [1.807, 2.05) is 19.1 Å². The van der Waals surface area contributed by atoms with E-state index in [0.717, 1.165) is 29.6 Å². The fourth-order valence-corrected chi connectivity index (χ4v) is 3.16. The minimum absolute atomic E-state index is 0.100. The lowest BCUT2D eigenvalue weighted by Gasteiger charge is -2.40. The highest BCUT2D eigenvalue weighted by Gasteiger charge is 2.28. The standard InChI is InChI=1S/C14H15N7OS/c1-9-17-11(7-23-9)14(22)15-4-10-5-20(6-10)13-3-2-12-18-16-8-21(12)19-13/h2-3,7-8,10H,4-6H2,1H3,(H,15,22). The summed E-state index contributed by atoms with van der Waals surface area (Å²) in [4.78, 5) is 18.3. The molecule has 9 heteroatoms. The van der Waals surface area contributed by atoms with Crippen molar-refractivity contribution in [1.29, 1.82) is 0 Å². The lowest BCUT2D eigenvalue weighted by Crippen LogP contribution is -2.52. The van der Waals surface area contributed by atoms with Gasteiger partial charge in [-0.3, -0.25) is 4.79 Å². The van der Waals surface area contributed by atoms with Crippen molar-refractivity contribution in [1.82, 2.24) is 30.1 Å². The number of hydrogen-bond acceptors (Lipinski definition) is 7. The Balaban J connectivity index is 1.30. The molecule has 0 atom stereocenters. The van der Waals surface area contributed by atoms with Gasteiger partial charge in [-0.15, -0.1) is 26.6 Å². The summed E-state index contributed by atoms with van der Waals surface area (Å²) in [6, 6.07) is 3.84. The van der Waals surface area contributed by atoms with E-state index in [0.29, 0.717) is 18.2 Å². The van der Waals surface area contributed by atoms with E-state index in [4.69, 9.17) is 0 Å². The predicted octanol–water partition coefficient (Wildman–Crippen LogP) is 0.755. The first kappa shape index (κ1) is 14.1. The van der Waals surface area contributed by atoms with Crippen molar-refractivity contribution in [2.24, 2.45) is 5.92 Å². The number of rotatable bonds is 4. The molecule has 8 nitrogen and oxygen atoms in total. The zero-order valence-electron chi connectivity index (χ0n) is 12.5. The van der Waals surface area contributed by atoms with Gasteiger partial charge in [0.2, 0.25) is 0 Å². The van der Waals surface area contributed by atoms with E-state index in [9.17, 15) is 4.79 Å². The molecule has 0 aliphatic carbocycles. The highest BCUT2D eigenvalue weighted by molar-refractivity contribution is 7.09. The van der Waals surface area contributed by atoms with Crippen molar-refractivity contribution in [3.05, 3.63) is 34.5 Å². The topological polar surface area (TPSA) is 88.3 Å². The van der Waals surface area contributed by atoms with Crippen molar-refractivity contribution >= 4 is 28.7 Å². The molecule has 1 N–H and O–H groups in total. The quantitative estimate of drug-likeness (QED) is 0.760. The fraction of sp³-hybridized carbons (Fsp3) is 0.357. The number of amides is 1. The monoisotopic (exact) mass is 329 g/mol. The van der Waals surface area contributed by atoms with E-state index in [2.05, 4.69) is 30.5 Å². The molecule has 1 saturated heterocycles. The molecule has 0 unspecified atom stereocenters. The average molecular weight is 329 g/mol. The van der Waals surface area contributed by atoms with Crippen LogP contribution in [-0.2, 0) is 0 Å². The third-order valence-corrected chi connectivity index (χ3v) is 4.61. The van der Waals surface area contributed by atoms with Crippen molar-refractivity contribution in [2.45, 2.75) is 6.92 Å². The maximum absolute atomic E-state index is 12.0. The van der Waals surface area contributed by atoms with Gasteiger partial charge in [-0.25, -0.2) is 4.98 Å². The van der Waals surface area contributed by atoms with Crippen LogP contribution in [0.1, 0.15) is 15.5 Å². The molecule has 0 spiro atoms. The van der Waals surface area contributed by atoms with Gasteiger partial charge in [0.1, 0.15) is 17.8 Å². The Hall–Kier alpha value is -2.55. The molecule has 1 fully saturated rings. The first-order valence-electron chi connectivity index (χ1n) is 7.31. The molecular weight excluding hydrogens is 314 g/mol. The number of nitrogens with one attached hydrogen (secondary N) is 1. The molecular formula is C14H15N7OS. The van der Waals surface area contributed by atoms with Crippen molar-refractivity contribution in [3.8, 4) is 0 Å². The average Bonchev–Trinajstić information content (AvgIpc) is 3.13. The van der Waals surface area contributed by atoms with Gasteiger partial charge in [-0.2, -0.15) is 4.52 Å². The van der Waals surface area contributed by atoms with Gasteiger partial charge in [0, 0.05) is 30.9 Å². The zero-order valence-corrected chi connectivity index (χ0v) is 13.3. The maximum atomic E-state index is 12.0. The molecule has 1 aliphatic heterocycles. The Labute approximate surface area is 136 Å². The number of hydrogen-bond donors (Lipinski definition) is 1. The molecule has 118 valence electrons. The summed E-state index contributed by atoms with van der Waals surface area (Å²) in [7, 11) is 0. The van der Waals surface area contributed by atoms with E-state index >= 15 is 0 Å². The number of carbonyl (C=O) groups is 1. The summed E-state index contributed by atoms with van der Waals surface area (Å²) in [5.41, 5.74) is 1.24. The van der Waals surface area contributed by atoms with Gasteiger partial charge >= 0.3 is 0 Å². The third-order valence-electron chi connectivity index (χ3n) is 3.83. The van der Waals surface area contributed by atoms with Crippen LogP contribution in [0.3, 0.4) is 0 Å². The second kappa shape index (κ2) is 5.58. The van der Waals surface area contributed by atoms with Crippen LogP contribution in [0.15, 0.2) is 23.8 Å². The summed E-state index contributed by atoms with van der Waals surface area (Å²) in [6.45, 7) is 4.29. The SMILES string of the molecule is Cc1nc(C(=O)NCC2CN(c3ccc4nncn4n3)C2)cs1. The van der Waals surface area contributed by atoms with Crippen molar-refractivity contribution in [2.75, 3.05) is 24.5 Å². The molecule has 3 aromatic heterocycles. The predicted molar refractivity (Wildman–Crippen MR) is 85.7 cm³/mol. The minimum atomic E-state index is -0.100. The normalized spacial score (nSPS) is 14.9. The van der Waals surface area contributed by atoms with Crippen LogP contribution < -0.4 is 10.2 Å². The van der Waals surface area contributed by atoms with Gasteiger partial charge < -0.3 is 10.2 Å². The molecule has 1 amide bonds. The Morgan fingerprint density at radius 1 is 1.43 bits per heavy atom. The number of thiazole rings is 1. The lowest BCUT2D eigenvalue weighted by atomic mass is 10.0. The second-order valence-corrected chi connectivity index (χ2v) is 6.62. The van der Waals surface area contributed by atoms with Crippen LogP contribution in [0, 0.1) is 12.8 Å². The van der Waals surface area contributed by atoms with E-state index in [1.54, 1.807) is 16.2 Å². The highest BCUT2D eigenvalue weighted by Crippen LogP contribution is 2.22. The molecule has 0 aromatic carbocycles. The molecule has 4 rings (SSSR count). The molecule has 3 aromatic rings. The van der Waals surface area contributed by atoms with Crippen LogP contribution >= 0.6 is 11.3 Å². The lowest BCUT2D eigenvalue weighted by molar-refractivity contribution is 0.0940. The summed E-state index contributed by atoms with van der Waals surface area (Å²) in [6.07, 6.45) is 1.59. The molecule has 1 aliphatic rings. The summed E-state index contributed by atoms with van der Waals surface area (Å²) in [5.74, 6) is 1.23. The number of nitrogens with zero attached hydrogens (tertiary/aromatic N) is 6. The van der Waals surface area contributed by atoms with Gasteiger partial charge in [0.15, 0.2) is 5.65 Å². The number of carbonyl (C=O) groups excluding carboxylic acids is 1. The van der Waals surface area contributed by atoms with E-state index < -0.39 is 0 Å². The fourth-order valence-electron chi connectivity index (χ4n) is 2.57. The molecule has 0 saturated carbocycles. The van der Waals surface area contributed by atoms with Gasteiger partial charge in [-0.1, -0.05) is 0 Å². The van der Waals surface area contributed by atoms with Gasteiger partial charge in [-0.05, 0) is 19.1 Å². The Morgan fingerprint density at radius 3 is 3.09 bits per heavy atom. The molecule has 23 heavy (non-hydrogen) atoms. The van der Waals surface area contributed by atoms with E-state index in [-0.39, 0.29) is 5.91 Å². The number of aryl methyl sites for hydroxylation is 1. The number of anilines is 1. The van der Waals surface area contributed by atoms with Crippen molar-refractivity contribution < 1.29 is 4.79 Å². The third kappa shape index (κ3) is 2.74. The van der Waals surface area contributed by atoms with Crippen LogP contribution in [-0.4, -0.2) is 50.3 Å². The second-order valence-electron chi connectivity index (χ2n) is 5.56. The maximum Gasteiger partial charge on any atom is 0.270 e. The van der Waals surface area contributed by atoms with Crippen molar-refractivity contribution in [3.63, 3.8) is 0 Å². The molecule has 4 heterocycles. The van der Waals surface area contributed by atoms with Gasteiger partial charge in [0.05, 0.1) is 5.01 Å². The zero-order chi connectivity index (χ0) is 15.8. The van der Waals surface area contributed by atoms with Crippen LogP contribution in [0.2, 0.25) is 0 Å². The van der Waals surface area contributed by atoms with E-state index in [1.165, 1.54) is 11.3 Å². The largest absolute Gasteiger partial charge is 0.354 e. The first-order valence-corrected chi connectivity index (χ1v) is 8.19. The smallest absolute Gasteiger partial charge is 0.270 e. The summed E-state index contributed by atoms with van der Waals surface area (Å²) < 4.78 is 1.66. The highest BCUT2D eigenvalue weighted by atomic mass is 32.1. The Bertz CT molecular complexity index is 852. The molecule has 0 radical (unpaired) electrons. The minimum Gasteiger partial charge on any atom is -0.354 e. The Morgan fingerprint density at radius 2 is 2.30 bits per heavy atom. The number of aromatic nitrogens is 5. The Kier molecular flexibility index (Phi) is 3.41. The van der Waals surface area contributed by atoms with Crippen LogP contribution in [0.4, 0.5) is 5.82 Å². The molecule has 0 bridgehead atoms. The summed E-state index contributed by atoms with van der Waals surface area (Å²) in [5, 5.41) is 17.9. The number of fused-ring (bicyclic) bond motifs is 1. The van der Waals surface area contributed by atoms with Crippen LogP contribution in [0.25, 0.3) is 5.65 Å².